The second-order valence-corrected chi connectivity index (χ2v) is 4.94. The van der Waals surface area contributed by atoms with Crippen LogP contribution in [0.2, 0.25) is 0 Å². The van der Waals surface area contributed by atoms with Crippen LogP contribution in [0.15, 0.2) is 35.5 Å². The zero-order valence-electron chi connectivity index (χ0n) is 12.1. The van der Waals surface area contributed by atoms with Crippen LogP contribution in [0.3, 0.4) is 0 Å². The van der Waals surface area contributed by atoms with Gasteiger partial charge in [-0.1, -0.05) is 35.5 Å². The van der Waals surface area contributed by atoms with Crippen molar-refractivity contribution < 1.29 is 23.8 Å². The lowest BCUT2D eigenvalue weighted by Crippen LogP contribution is -2.53. The summed E-state index contributed by atoms with van der Waals surface area (Å²) in [5.74, 6) is 0. The topological polar surface area (TPSA) is 58.5 Å². The fourth-order valence-corrected chi connectivity index (χ4v) is 2.59. The van der Waals surface area contributed by atoms with Gasteiger partial charge in [0.2, 0.25) is 0 Å². The van der Waals surface area contributed by atoms with E-state index in [1.165, 1.54) is 7.11 Å². The zero-order valence-corrected chi connectivity index (χ0v) is 12.1. The van der Waals surface area contributed by atoms with Crippen molar-refractivity contribution in [1.29, 1.82) is 0 Å². The molecule has 0 saturated carbocycles. The van der Waals surface area contributed by atoms with E-state index in [2.05, 4.69) is 5.16 Å². The van der Waals surface area contributed by atoms with Gasteiger partial charge in [0.05, 0.1) is 12.3 Å². The monoisotopic (exact) mass is 293 g/mol. The molecule has 2 heterocycles. The number of fused-ring (bicyclic) bond motifs is 1. The van der Waals surface area contributed by atoms with Crippen molar-refractivity contribution in [3.8, 4) is 0 Å². The lowest BCUT2D eigenvalue weighted by molar-refractivity contribution is -0.286. The Hall–Kier alpha value is -1.47. The number of ether oxygens (including phenoxy) is 4. The molecule has 0 N–H and O–H groups in total. The Kier molecular flexibility index (Phi) is 4.50. The van der Waals surface area contributed by atoms with E-state index in [1.54, 1.807) is 7.11 Å². The fraction of sp³-hybridized carbons (Fsp3) is 0.533. The van der Waals surface area contributed by atoms with E-state index in [-0.39, 0.29) is 18.5 Å². The molecule has 0 bridgehead atoms. The number of hydrogen-bond donors (Lipinski definition) is 0. The summed E-state index contributed by atoms with van der Waals surface area (Å²) in [6, 6.07) is 9.81. The van der Waals surface area contributed by atoms with E-state index in [0.717, 1.165) is 11.3 Å². The molecule has 0 aliphatic carbocycles. The zero-order chi connectivity index (χ0) is 14.7. The van der Waals surface area contributed by atoms with Crippen LogP contribution in [0.1, 0.15) is 18.3 Å². The smallest absolute Gasteiger partial charge is 0.184 e. The van der Waals surface area contributed by atoms with Gasteiger partial charge in [-0.15, -0.1) is 0 Å². The van der Waals surface area contributed by atoms with E-state index < -0.39 is 6.29 Å². The number of oxime groups is 1. The number of methoxy groups -OCH3 is 1. The van der Waals surface area contributed by atoms with Crippen LogP contribution in [0.5, 0.6) is 0 Å². The van der Waals surface area contributed by atoms with Crippen LogP contribution < -0.4 is 0 Å². The molecule has 6 heteroatoms. The van der Waals surface area contributed by atoms with E-state index in [9.17, 15) is 0 Å². The van der Waals surface area contributed by atoms with Gasteiger partial charge in [-0.3, -0.25) is 0 Å². The minimum atomic E-state index is -0.419. The summed E-state index contributed by atoms with van der Waals surface area (Å²) in [4.78, 5) is 4.92. The van der Waals surface area contributed by atoms with Gasteiger partial charge in [-0.25, -0.2) is 0 Å². The fourth-order valence-electron chi connectivity index (χ4n) is 2.59. The Bertz CT molecular complexity index is 492. The number of rotatable bonds is 3. The third-order valence-electron chi connectivity index (χ3n) is 3.59. The van der Waals surface area contributed by atoms with Crippen molar-refractivity contribution in [3.63, 3.8) is 0 Å². The first-order valence-electron chi connectivity index (χ1n) is 6.92. The Morgan fingerprint density at radius 2 is 1.95 bits per heavy atom. The van der Waals surface area contributed by atoms with Crippen LogP contribution >= 0.6 is 0 Å². The molecule has 114 valence electrons. The predicted octanol–water partition coefficient (Wildman–Crippen LogP) is 1.86. The van der Waals surface area contributed by atoms with E-state index >= 15 is 0 Å². The largest absolute Gasteiger partial charge is 0.399 e. The van der Waals surface area contributed by atoms with Gasteiger partial charge in [-0.2, -0.15) is 0 Å². The van der Waals surface area contributed by atoms with Crippen molar-refractivity contribution in [3.05, 3.63) is 35.9 Å². The van der Waals surface area contributed by atoms with Gasteiger partial charge in [-0.05, 0) is 0 Å². The van der Waals surface area contributed by atoms with Crippen LogP contribution in [0.4, 0.5) is 0 Å². The first-order chi connectivity index (χ1) is 10.3. The molecule has 0 aromatic heterocycles. The lowest BCUT2D eigenvalue weighted by Gasteiger charge is -2.41. The van der Waals surface area contributed by atoms with E-state index in [1.807, 2.05) is 30.3 Å². The molecule has 1 aromatic rings. The van der Waals surface area contributed by atoms with Gasteiger partial charge in [0.25, 0.3) is 0 Å². The molecule has 0 radical (unpaired) electrons. The standard InChI is InChI=1S/C15H19NO5/c1-17-13-8-11(16-18-2)14-12(20-13)9-19-15(21-14)10-6-4-3-5-7-10/h3-7,12-15H,8-9H2,1-2H3/b16-11-/t12?,13-,14-,15?/m0/s1. The molecular formula is C15H19NO5. The molecule has 2 saturated heterocycles. The number of nitrogens with zero attached hydrogens (tertiary/aromatic N) is 1. The summed E-state index contributed by atoms with van der Waals surface area (Å²) in [7, 11) is 3.13. The van der Waals surface area contributed by atoms with Gasteiger partial charge in [0.1, 0.15) is 19.3 Å². The van der Waals surface area contributed by atoms with Gasteiger partial charge in [0.15, 0.2) is 12.6 Å². The maximum Gasteiger partial charge on any atom is 0.184 e. The molecule has 2 fully saturated rings. The first-order valence-corrected chi connectivity index (χ1v) is 6.92. The highest BCUT2D eigenvalue weighted by atomic mass is 16.7. The van der Waals surface area contributed by atoms with Crippen molar-refractivity contribution in [2.24, 2.45) is 5.16 Å². The molecule has 4 atom stereocenters. The van der Waals surface area contributed by atoms with E-state index in [0.29, 0.717) is 13.0 Å². The minimum absolute atomic E-state index is 0.238. The minimum Gasteiger partial charge on any atom is -0.399 e. The van der Waals surface area contributed by atoms with Gasteiger partial charge < -0.3 is 23.8 Å². The molecule has 2 aliphatic heterocycles. The van der Waals surface area contributed by atoms with Crippen LogP contribution in [-0.4, -0.2) is 45.0 Å². The molecule has 21 heavy (non-hydrogen) atoms. The Morgan fingerprint density at radius 3 is 2.67 bits per heavy atom. The first kappa shape index (κ1) is 14.5. The normalized spacial score (nSPS) is 34.5. The highest BCUT2D eigenvalue weighted by molar-refractivity contribution is 5.90. The lowest BCUT2D eigenvalue weighted by atomic mass is 10.0. The highest BCUT2D eigenvalue weighted by Crippen LogP contribution is 2.32. The quantitative estimate of drug-likeness (QED) is 0.796. The summed E-state index contributed by atoms with van der Waals surface area (Å²) in [6.07, 6.45) is -0.766. The average molecular weight is 293 g/mol. The molecule has 2 unspecified atom stereocenters. The summed E-state index contributed by atoms with van der Waals surface area (Å²) >= 11 is 0. The summed E-state index contributed by atoms with van der Waals surface area (Å²) in [5.41, 5.74) is 1.76. The average Bonchev–Trinajstić information content (AvgIpc) is 2.55. The molecule has 0 spiro atoms. The second kappa shape index (κ2) is 6.53. The number of benzene rings is 1. The van der Waals surface area contributed by atoms with Crippen molar-refractivity contribution in [1.82, 2.24) is 0 Å². The van der Waals surface area contributed by atoms with Crippen LogP contribution in [0, 0.1) is 0 Å². The maximum atomic E-state index is 6.02. The van der Waals surface area contributed by atoms with E-state index in [4.69, 9.17) is 23.8 Å². The van der Waals surface area contributed by atoms with Crippen molar-refractivity contribution in [2.45, 2.75) is 31.2 Å². The third kappa shape index (κ3) is 3.08. The van der Waals surface area contributed by atoms with Crippen molar-refractivity contribution >= 4 is 5.71 Å². The molecule has 3 rings (SSSR count). The molecular weight excluding hydrogens is 274 g/mol. The highest BCUT2D eigenvalue weighted by Gasteiger charge is 2.43. The summed E-state index contributed by atoms with van der Waals surface area (Å²) < 4.78 is 22.8. The molecule has 1 aromatic carbocycles. The molecule has 2 aliphatic rings. The third-order valence-corrected chi connectivity index (χ3v) is 3.59. The Morgan fingerprint density at radius 1 is 1.14 bits per heavy atom. The Labute approximate surface area is 123 Å². The Balaban J connectivity index is 1.78. The predicted molar refractivity (Wildman–Crippen MR) is 74.7 cm³/mol. The second-order valence-electron chi connectivity index (χ2n) is 4.94. The molecule has 0 amide bonds. The molecule has 6 nitrogen and oxygen atoms in total. The van der Waals surface area contributed by atoms with Crippen molar-refractivity contribution in [2.75, 3.05) is 20.8 Å². The van der Waals surface area contributed by atoms with Crippen LogP contribution in [0.25, 0.3) is 0 Å². The van der Waals surface area contributed by atoms with Gasteiger partial charge in [0, 0.05) is 19.1 Å². The summed E-state index contributed by atoms with van der Waals surface area (Å²) in [5, 5.41) is 4.07. The maximum absolute atomic E-state index is 6.02. The number of hydrogen-bond acceptors (Lipinski definition) is 6. The SMILES string of the molecule is CO/N=C1/C[C@@H](OC)OC2COC(c3ccccc3)O[C@@H]12. The van der Waals surface area contributed by atoms with Crippen LogP contribution in [-0.2, 0) is 23.8 Å². The van der Waals surface area contributed by atoms with Gasteiger partial charge >= 0.3 is 0 Å². The summed E-state index contributed by atoms with van der Waals surface area (Å²) in [6.45, 7) is 0.423.